The molecule has 0 radical (unpaired) electrons. The van der Waals surface area contributed by atoms with E-state index in [9.17, 15) is 4.79 Å². The van der Waals surface area contributed by atoms with Crippen molar-refractivity contribution >= 4 is 21.6 Å². The van der Waals surface area contributed by atoms with Crippen molar-refractivity contribution in [1.82, 2.24) is 19.7 Å². The average molecular weight is 352 g/mol. The molecule has 1 saturated carbocycles. The molecule has 2 aromatic heterocycles. The molecule has 0 bridgehead atoms. The van der Waals surface area contributed by atoms with Crippen LogP contribution in [0.15, 0.2) is 41.3 Å². The largest absolute Gasteiger partial charge is 0.300 e. The van der Waals surface area contributed by atoms with Gasteiger partial charge in [-0.2, -0.15) is 9.78 Å². The van der Waals surface area contributed by atoms with E-state index in [0.717, 1.165) is 21.9 Å². The van der Waals surface area contributed by atoms with E-state index in [1.165, 1.54) is 54.5 Å². The van der Waals surface area contributed by atoms with Gasteiger partial charge < -0.3 is 4.90 Å². The number of likely N-dealkylation sites (tertiary alicyclic amines) is 1. The zero-order valence-electron chi connectivity index (χ0n) is 14.0. The molecule has 6 heteroatoms. The van der Waals surface area contributed by atoms with E-state index in [2.05, 4.69) is 10.00 Å². The van der Waals surface area contributed by atoms with E-state index in [1.807, 2.05) is 18.2 Å². The Morgan fingerprint density at radius 3 is 2.76 bits per heavy atom. The second-order valence-electron chi connectivity index (χ2n) is 7.04. The average Bonchev–Trinajstić information content (AvgIpc) is 3.23. The molecule has 128 valence electrons. The number of aromatic nitrogens is 3. The molecule has 1 saturated heterocycles. The van der Waals surface area contributed by atoms with Crippen molar-refractivity contribution in [1.29, 1.82) is 0 Å². The first-order valence-electron chi connectivity index (χ1n) is 8.97. The van der Waals surface area contributed by atoms with Crippen LogP contribution >= 0.6 is 11.3 Å². The first kappa shape index (κ1) is 15.2. The summed E-state index contributed by atoms with van der Waals surface area (Å²) in [7, 11) is 0. The summed E-state index contributed by atoms with van der Waals surface area (Å²) in [4.78, 5) is 19.5. The summed E-state index contributed by atoms with van der Waals surface area (Å²) in [5.41, 5.74) is 1.72. The van der Waals surface area contributed by atoms with Crippen molar-refractivity contribution in [3.05, 3.63) is 51.9 Å². The molecule has 25 heavy (non-hydrogen) atoms. The molecule has 3 heterocycles. The second kappa shape index (κ2) is 6.04. The lowest BCUT2D eigenvalue weighted by atomic mass is 9.80. The van der Waals surface area contributed by atoms with Crippen LogP contribution in [0, 0.1) is 0 Å². The first-order chi connectivity index (χ1) is 12.3. The Morgan fingerprint density at radius 1 is 1.12 bits per heavy atom. The third-order valence-corrected chi connectivity index (χ3v) is 6.65. The van der Waals surface area contributed by atoms with Crippen molar-refractivity contribution < 1.29 is 0 Å². The maximum atomic E-state index is 12.0. The molecule has 1 aliphatic carbocycles. The normalized spacial score (nSPS) is 23.8. The van der Waals surface area contributed by atoms with Gasteiger partial charge in [0.1, 0.15) is 0 Å². The second-order valence-corrected chi connectivity index (χ2v) is 8.11. The topological polar surface area (TPSA) is 51.0 Å². The van der Waals surface area contributed by atoms with E-state index < -0.39 is 0 Å². The first-order valence-corrected chi connectivity index (χ1v) is 9.79. The Morgan fingerprint density at radius 2 is 1.96 bits per heavy atom. The van der Waals surface area contributed by atoms with Gasteiger partial charge in [-0.05, 0) is 63.0 Å². The van der Waals surface area contributed by atoms with Gasteiger partial charge in [-0.25, -0.2) is 4.98 Å². The smallest absolute Gasteiger partial charge is 0.271 e. The number of rotatable bonds is 3. The minimum atomic E-state index is -0.112. The minimum Gasteiger partial charge on any atom is -0.300 e. The molecular weight excluding hydrogens is 332 g/mol. The Kier molecular flexibility index (Phi) is 3.68. The van der Waals surface area contributed by atoms with Gasteiger partial charge >= 0.3 is 0 Å². The molecule has 3 aromatic rings. The molecular formula is C19H20N4OS. The fourth-order valence-electron chi connectivity index (χ4n) is 3.98. The van der Waals surface area contributed by atoms with Gasteiger partial charge in [0.05, 0.1) is 20.9 Å². The Bertz CT molecular complexity index is 967. The summed E-state index contributed by atoms with van der Waals surface area (Å²) in [5.74, 6) is 0.601. The predicted molar refractivity (Wildman–Crippen MR) is 99.6 cm³/mol. The van der Waals surface area contributed by atoms with Gasteiger partial charge in [0.25, 0.3) is 5.56 Å². The number of nitrogens with zero attached hydrogens (tertiary/aromatic N) is 4. The van der Waals surface area contributed by atoms with Crippen molar-refractivity contribution in [3.63, 3.8) is 0 Å². The van der Waals surface area contributed by atoms with Crippen molar-refractivity contribution in [2.75, 3.05) is 13.1 Å². The maximum Gasteiger partial charge on any atom is 0.271 e. The SMILES string of the molecule is O=c1cccnn1-c1ccc2nc(C3CC(N4CCCC4)C3)sc2c1. The van der Waals surface area contributed by atoms with Crippen LogP contribution in [-0.2, 0) is 0 Å². The number of hydrogen-bond donors (Lipinski definition) is 0. The van der Waals surface area contributed by atoms with E-state index in [-0.39, 0.29) is 5.56 Å². The molecule has 0 atom stereocenters. The van der Waals surface area contributed by atoms with Crippen LogP contribution in [0.25, 0.3) is 15.9 Å². The molecule has 1 aromatic carbocycles. The van der Waals surface area contributed by atoms with Crippen LogP contribution in [0.4, 0.5) is 0 Å². The highest BCUT2D eigenvalue weighted by Crippen LogP contribution is 2.43. The molecule has 5 nitrogen and oxygen atoms in total. The van der Waals surface area contributed by atoms with Crippen molar-refractivity contribution in [2.24, 2.45) is 0 Å². The molecule has 0 unspecified atom stereocenters. The summed E-state index contributed by atoms with van der Waals surface area (Å²) >= 11 is 1.77. The highest BCUT2D eigenvalue weighted by atomic mass is 32.1. The van der Waals surface area contributed by atoms with Gasteiger partial charge in [-0.1, -0.05) is 0 Å². The van der Waals surface area contributed by atoms with Crippen molar-refractivity contribution in [3.8, 4) is 5.69 Å². The van der Waals surface area contributed by atoms with Crippen LogP contribution in [0.1, 0.15) is 36.6 Å². The van der Waals surface area contributed by atoms with Gasteiger partial charge in [-0.3, -0.25) is 4.79 Å². The number of fused-ring (bicyclic) bond motifs is 1. The molecule has 2 aliphatic rings. The van der Waals surface area contributed by atoms with Gasteiger partial charge in [0.2, 0.25) is 0 Å². The lowest BCUT2D eigenvalue weighted by Crippen LogP contribution is -2.42. The highest BCUT2D eigenvalue weighted by molar-refractivity contribution is 7.18. The fourth-order valence-corrected chi connectivity index (χ4v) is 5.11. The summed E-state index contributed by atoms with van der Waals surface area (Å²) < 4.78 is 2.57. The zero-order chi connectivity index (χ0) is 16.8. The summed E-state index contributed by atoms with van der Waals surface area (Å²) in [6.45, 7) is 2.55. The molecule has 0 N–H and O–H groups in total. The monoisotopic (exact) mass is 352 g/mol. The predicted octanol–water partition coefficient (Wildman–Crippen LogP) is 3.18. The van der Waals surface area contributed by atoms with Crippen molar-refractivity contribution in [2.45, 2.75) is 37.6 Å². The van der Waals surface area contributed by atoms with Gasteiger partial charge in [0.15, 0.2) is 0 Å². The number of benzene rings is 1. The van der Waals surface area contributed by atoms with E-state index in [1.54, 1.807) is 23.6 Å². The Hall–Kier alpha value is -2.05. The third kappa shape index (κ3) is 2.69. The van der Waals surface area contributed by atoms with Crippen LogP contribution in [0.3, 0.4) is 0 Å². The molecule has 1 aliphatic heterocycles. The quantitative estimate of drug-likeness (QED) is 0.726. The lowest BCUT2D eigenvalue weighted by molar-refractivity contribution is 0.136. The van der Waals surface area contributed by atoms with E-state index in [0.29, 0.717) is 5.92 Å². The fraction of sp³-hybridized carbons (Fsp3) is 0.421. The molecule has 5 rings (SSSR count). The molecule has 2 fully saturated rings. The highest BCUT2D eigenvalue weighted by Gasteiger charge is 2.37. The number of thiazole rings is 1. The maximum absolute atomic E-state index is 12.0. The van der Waals surface area contributed by atoms with Gasteiger partial charge in [0, 0.05) is 24.2 Å². The van der Waals surface area contributed by atoms with E-state index in [4.69, 9.17) is 4.98 Å². The molecule has 0 spiro atoms. The summed E-state index contributed by atoms with van der Waals surface area (Å²) in [5, 5.41) is 5.41. The lowest BCUT2D eigenvalue weighted by Gasteiger charge is -2.40. The minimum absolute atomic E-state index is 0.112. The van der Waals surface area contributed by atoms with Crippen LogP contribution in [0.2, 0.25) is 0 Å². The standard InChI is InChI=1S/C19H20N4OS/c24-18-4-3-7-20-23(18)14-5-6-16-17(12-14)25-19(21-16)13-10-15(11-13)22-8-1-2-9-22/h3-7,12-13,15H,1-2,8-11H2. The van der Waals surface area contributed by atoms with Crippen LogP contribution in [-0.4, -0.2) is 38.8 Å². The Balaban J connectivity index is 1.39. The summed E-state index contributed by atoms with van der Waals surface area (Å²) in [6, 6.07) is 9.91. The number of hydrogen-bond acceptors (Lipinski definition) is 5. The van der Waals surface area contributed by atoms with Crippen LogP contribution < -0.4 is 5.56 Å². The molecule has 0 amide bonds. The Labute approximate surface area is 149 Å². The summed E-state index contributed by atoms with van der Waals surface area (Å²) in [6.07, 6.45) is 6.84. The van der Waals surface area contributed by atoms with E-state index >= 15 is 0 Å². The van der Waals surface area contributed by atoms with Crippen LogP contribution in [0.5, 0.6) is 0 Å². The zero-order valence-corrected chi connectivity index (χ0v) is 14.8. The third-order valence-electron chi connectivity index (χ3n) is 5.47. The van der Waals surface area contributed by atoms with Gasteiger partial charge in [-0.15, -0.1) is 11.3 Å².